The summed E-state index contributed by atoms with van der Waals surface area (Å²) >= 11 is 0. The van der Waals surface area contributed by atoms with Crippen LogP contribution in [0, 0.1) is 0 Å². The normalized spacial score (nSPS) is 16.0. The van der Waals surface area contributed by atoms with Crippen molar-refractivity contribution < 1.29 is 4.79 Å². The van der Waals surface area contributed by atoms with Gasteiger partial charge in [-0.05, 0) is 30.4 Å². The third-order valence-electron chi connectivity index (χ3n) is 4.48. The fourth-order valence-electron chi connectivity index (χ4n) is 2.86. The van der Waals surface area contributed by atoms with E-state index >= 15 is 0 Å². The van der Waals surface area contributed by atoms with Crippen LogP contribution in [0.1, 0.15) is 24.0 Å². The average Bonchev–Trinajstić information content (AvgIpc) is 3.35. The zero-order valence-electron chi connectivity index (χ0n) is 13.1. The second-order valence-electron chi connectivity index (χ2n) is 6.16. The van der Waals surface area contributed by atoms with Gasteiger partial charge in [-0.15, -0.1) is 12.4 Å². The second kappa shape index (κ2) is 7.62. The standard InChI is InChI=1S/C19H22N2O.ClH/c20-17(13-15-7-3-1-4-8-15)18(22)21-14-19(11-12-19)16-9-5-2-6-10-16;/h1-10,17H,11-14,20H2,(H,21,22);1H. The molecule has 0 heterocycles. The van der Waals surface area contributed by atoms with Crippen molar-refractivity contribution in [1.29, 1.82) is 0 Å². The summed E-state index contributed by atoms with van der Waals surface area (Å²) in [6.07, 6.45) is 2.83. The molecule has 2 aromatic carbocycles. The maximum absolute atomic E-state index is 12.2. The summed E-state index contributed by atoms with van der Waals surface area (Å²) in [4.78, 5) is 12.2. The lowest BCUT2D eigenvalue weighted by atomic mass is 9.96. The summed E-state index contributed by atoms with van der Waals surface area (Å²) in [5.74, 6) is -0.0638. The van der Waals surface area contributed by atoms with Crippen LogP contribution in [0.4, 0.5) is 0 Å². The molecule has 4 heteroatoms. The molecule has 0 spiro atoms. The topological polar surface area (TPSA) is 55.1 Å². The van der Waals surface area contributed by atoms with Crippen LogP contribution in [0.5, 0.6) is 0 Å². The Labute approximate surface area is 143 Å². The Morgan fingerprint density at radius 2 is 1.61 bits per heavy atom. The van der Waals surface area contributed by atoms with Gasteiger partial charge in [-0.25, -0.2) is 0 Å². The lowest BCUT2D eigenvalue weighted by molar-refractivity contribution is -0.122. The SMILES string of the molecule is Cl.NC(Cc1ccccc1)C(=O)NCC1(c2ccccc2)CC1. The molecule has 1 fully saturated rings. The molecule has 23 heavy (non-hydrogen) atoms. The number of hydrogen-bond acceptors (Lipinski definition) is 2. The van der Waals surface area contributed by atoms with Gasteiger partial charge >= 0.3 is 0 Å². The number of carbonyl (C=O) groups excluding carboxylic acids is 1. The van der Waals surface area contributed by atoms with Crippen molar-refractivity contribution in [1.82, 2.24) is 5.32 Å². The van der Waals surface area contributed by atoms with Crippen LogP contribution < -0.4 is 11.1 Å². The highest BCUT2D eigenvalue weighted by atomic mass is 35.5. The third-order valence-corrected chi connectivity index (χ3v) is 4.48. The lowest BCUT2D eigenvalue weighted by Crippen LogP contribution is -2.44. The number of carbonyl (C=O) groups is 1. The summed E-state index contributed by atoms with van der Waals surface area (Å²) in [5, 5.41) is 3.04. The quantitative estimate of drug-likeness (QED) is 0.855. The van der Waals surface area contributed by atoms with Crippen molar-refractivity contribution in [2.24, 2.45) is 5.73 Å². The van der Waals surface area contributed by atoms with Crippen molar-refractivity contribution in [2.75, 3.05) is 6.54 Å². The fourth-order valence-corrected chi connectivity index (χ4v) is 2.86. The van der Waals surface area contributed by atoms with E-state index in [-0.39, 0.29) is 23.7 Å². The zero-order chi connectivity index (χ0) is 15.4. The first-order chi connectivity index (χ1) is 10.7. The van der Waals surface area contributed by atoms with E-state index in [1.54, 1.807) is 0 Å². The van der Waals surface area contributed by atoms with Crippen LogP contribution in [0.15, 0.2) is 60.7 Å². The van der Waals surface area contributed by atoms with Gasteiger partial charge in [0.25, 0.3) is 0 Å². The molecule has 1 unspecified atom stereocenters. The molecule has 1 atom stereocenters. The first-order valence-electron chi connectivity index (χ1n) is 7.82. The van der Waals surface area contributed by atoms with Crippen LogP contribution in [0.25, 0.3) is 0 Å². The van der Waals surface area contributed by atoms with Gasteiger partial charge < -0.3 is 11.1 Å². The van der Waals surface area contributed by atoms with E-state index < -0.39 is 6.04 Å². The molecule has 1 saturated carbocycles. The third kappa shape index (κ3) is 4.34. The van der Waals surface area contributed by atoms with E-state index in [2.05, 4.69) is 29.6 Å². The van der Waals surface area contributed by atoms with Gasteiger partial charge in [0.1, 0.15) is 0 Å². The highest BCUT2D eigenvalue weighted by Crippen LogP contribution is 2.47. The van der Waals surface area contributed by atoms with Gasteiger partial charge in [0, 0.05) is 12.0 Å². The number of rotatable bonds is 6. The van der Waals surface area contributed by atoms with Gasteiger partial charge in [0.05, 0.1) is 6.04 Å². The Kier molecular flexibility index (Phi) is 5.80. The number of hydrogen-bond donors (Lipinski definition) is 2. The molecule has 3 nitrogen and oxygen atoms in total. The Balaban J connectivity index is 0.00000192. The van der Waals surface area contributed by atoms with Crippen molar-refractivity contribution in [3.8, 4) is 0 Å². The highest BCUT2D eigenvalue weighted by molar-refractivity contribution is 5.85. The van der Waals surface area contributed by atoms with E-state index in [4.69, 9.17) is 5.73 Å². The Hall–Kier alpha value is -1.84. The number of halogens is 1. The fraction of sp³-hybridized carbons (Fsp3) is 0.316. The van der Waals surface area contributed by atoms with E-state index in [9.17, 15) is 4.79 Å². The lowest BCUT2D eigenvalue weighted by Gasteiger charge is -2.18. The Morgan fingerprint density at radius 1 is 1.04 bits per heavy atom. The summed E-state index contributed by atoms with van der Waals surface area (Å²) in [6.45, 7) is 0.679. The monoisotopic (exact) mass is 330 g/mol. The van der Waals surface area contributed by atoms with Gasteiger partial charge in [0.2, 0.25) is 5.91 Å². The van der Waals surface area contributed by atoms with E-state index in [0.717, 1.165) is 18.4 Å². The van der Waals surface area contributed by atoms with Gasteiger partial charge in [0.15, 0.2) is 0 Å². The molecule has 3 rings (SSSR count). The molecule has 3 N–H and O–H groups in total. The van der Waals surface area contributed by atoms with Crippen LogP contribution >= 0.6 is 12.4 Å². The molecular formula is C19H23ClN2O. The van der Waals surface area contributed by atoms with Crippen LogP contribution in [-0.2, 0) is 16.6 Å². The summed E-state index contributed by atoms with van der Waals surface area (Å²) in [5.41, 5.74) is 8.56. The minimum atomic E-state index is -0.492. The summed E-state index contributed by atoms with van der Waals surface area (Å²) in [6, 6.07) is 19.8. The van der Waals surface area contributed by atoms with Crippen molar-refractivity contribution in [2.45, 2.75) is 30.7 Å². The Bertz CT molecular complexity index is 626. The molecule has 1 aliphatic carbocycles. The van der Waals surface area contributed by atoms with Crippen LogP contribution in [-0.4, -0.2) is 18.5 Å². The Morgan fingerprint density at radius 3 is 2.17 bits per heavy atom. The molecular weight excluding hydrogens is 308 g/mol. The number of nitrogens with two attached hydrogens (primary N) is 1. The van der Waals surface area contributed by atoms with Crippen molar-refractivity contribution >= 4 is 18.3 Å². The number of benzene rings is 2. The first-order valence-corrected chi connectivity index (χ1v) is 7.82. The highest BCUT2D eigenvalue weighted by Gasteiger charge is 2.44. The van der Waals surface area contributed by atoms with Crippen LogP contribution in [0.3, 0.4) is 0 Å². The van der Waals surface area contributed by atoms with Crippen molar-refractivity contribution in [3.63, 3.8) is 0 Å². The second-order valence-corrected chi connectivity index (χ2v) is 6.16. The molecule has 1 amide bonds. The molecule has 2 aromatic rings. The molecule has 122 valence electrons. The maximum atomic E-state index is 12.2. The molecule has 0 bridgehead atoms. The summed E-state index contributed by atoms with van der Waals surface area (Å²) < 4.78 is 0. The largest absolute Gasteiger partial charge is 0.354 e. The van der Waals surface area contributed by atoms with Crippen molar-refractivity contribution in [3.05, 3.63) is 71.8 Å². The minimum Gasteiger partial charge on any atom is -0.354 e. The number of nitrogens with one attached hydrogen (secondary N) is 1. The smallest absolute Gasteiger partial charge is 0.237 e. The molecule has 0 aliphatic heterocycles. The van der Waals surface area contributed by atoms with E-state index in [0.29, 0.717) is 13.0 Å². The molecule has 0 aromatic heterocycles. The zero-order valence-corrected chi connectivity index (χ0v) is 13.9. The van der Waals surface area contributed by atoms with Crippen LogP contribution in [0.2, 0.25) is 0 Å². The molecule has 0 radical (unpaired) electrons. The molecule has 0 saturated heterocycles. The minimum absolute atomic E-state index is 0. The predicted octanol–water partition coefficient (Wildman–Crippen LogP) is 2.83. The number of amides is 1. The average molecular weight is 331 g/mol. The van der Waals surface area contributed by atoms with E-state index in [1.807, 2.05) is 36.4 Å². The molecule has 1 aliphatic rings. The van der Waals surface area contributed by atoms with Gasteiger partial charge in [-0.2, -0.15) is 0 Å². The maximum Gasteiger partial charge on any atom is 0.237 e. The summed E-state index contributed by atoms with van der Waals surface area (Å²) in [7, 11) is 0. The predicted molar refractivity (Wildman–Crippen MR) is 95.7 cm³/mol. The van der Waals surface area contributed by atoms with Gasteiger partial charge in [-0.1, -0.05) is 60.7 Å². The van der Waals surface area contributed by atoms with E-state index in [1.165, 1.54) is 5.56 Å². The van der Waals surface area contributed by atoms with Gasteiger partial charge in [-0.3, -0.25) is 4.79 Å². The first kappa shape index (κ1) is 17.5.